The molecule has 1 aromatic carbocycles. The van der Waals surface area contributed by atoms with Gasteiger partial charge in [0.05, 0.1) is 10.9 Å². The van der Waals surface area contributed by atoms with Crippen LogP contribution in [-0.2, 0) is 6.42 Å². The Bertz CT molecular complexity index is 524. The molecule has 0 saturated carbocycles. The Labute approximate surface area is 133 Å². The van der Waals surface area contributed by atoms with Gasteiger partial charge in [-0.15, -0.1) is 11.3 Å². The van der Waals surface area contributed by atoms with Crippen molar-refractivity contribution in [3.05, 3.63) is 50.6 Å². The first-order chi connectivity index (χ1) is 9.72. The fourth-order valence-electron chi connectivity index (χ4n) is 2.21. The summed E-state index contributed by atoms with van der Waals surface area (Å²) in [5.74, 6) is 0.916. The highest BCUT2D eigenvalue weighted by Crippen LogP contribution is 2.30. The van der Waals surface area contributed by atoms with Gasteiger partial charge in [0.15, 0.2) is 0 Å². The molecule has 0 fully saturated rings. The summed E-state index contributed by atoms with van der Waals surface area (Å²) in [6.45, 7) is 3.14. The second-order valence-electron chi connectivity index (χ2n) is 4.64. The predicted molar refractivity (Wildman–Crippen MR) is 89.8 cm³/mol. The van der Waals surface area contributed by atoms with Crippen molar-refractivity contribution in [3.8, 4) is 5.75 Å². The zero-order valence-electron chi connectivity index (χ0n) is 11.9. The molecule has 108 valence electrons. The van der Waals surface area contributed by atoms with Gasteiger partial charge in [-0.3, -0.25) is 0 Å². The molecular formula is C16H20BrNOS. The smallest absolute Gasteiger partial charge is 0.118 e. The van der Waals surface area contributed by atoms with Crippen molar-refractivity contribution >= 4 is 27.3 Å². The van der Waals surface area contributed by atoms with Gasteiger partial charge in [0.1, 0.15) is 5.75 Å². The Balaban J connectivity index is 1.97. The van der Waals surface area contributed by atoms with Crippen molar-refractivity contribution in [3.63, 3.8) is 0 Å². The highest BCUT2D eigenvalue weighted by molar-refractivity contribution is 9.11. The van der Waals surface area contributed by atoms with E-state index in [4.69, 9.17) is 4.74 Å². The summed E-state index contributed by atoms with van der Waals surface area (Å²) in [4.78, 5) is 1.40. The number of ether oxygens (including phenoxy) is 1. The highest BCUT2D eigenvalue weighted by Gasteiger charge is 2.12. The Kier molecular flexibility index (Phi) is 6.07. The Morgan fingerprint density at radius 1 is 1.20 bits per heavy atom. The van der Waals surface area contributed by atoms with Crippen molar-refractivity contribution in [1.82, 2.24) is 5.32 Å². The van der Waals surface area contributed by atoms with Gasteiger partial charge in [-0.25, -0.2) is 0 Å². The van der Waals surface area contributed by atoms with Crippen LogP contribution in [0.1, 0.15) is 29.8 Å². The van der Waals surface area contributed by atoms with Gasteiger partial charge in [-0.2, -0.15) is 0 Å². The minimum atomic E-state index is 0.429. The van der Waals surface area contributed by atoms with Gasteiger partial charge >= 0.3 is 0 Å². The summed E-state index contributed by atoms with van der Waals surface area (Å²) < 4.78 is 6.38. The number of thiophene rings is 1. The quantitative estimate of drug-likeness (QED) is 0.771. The third-order valence-electron chi connectivity index (χ3n) is 3.27. The second-order valence-corrected chi connectivity index (χ2v) is 7.13. The molecule has 1 aromatic heterocycles. The summed E-state index contributed by atoms with van der Waals surface area (Å²) in [5.41, 5.74) is 1.35. The number of hydrogen-bond donors (Lipinski definition) is 1. The molecule has 2 aromatic rings. The molecule has 0 saturated heterocycles. The summed E-state index contributed by atoms with van der Waals surface area (Å²) in [6.07, 6.45) is 2.17. The molecule has 0 radical (unpaired) electrons. The van der Waals surface area contributed by atoms with E-state index in [1.807, 2.05) is 23.5 Å². The van der Waals surface area contributed by atoms with Gasteiger partial charge in [0, 0.05) is 10.9 Å². The fourth-order valence-corrected chi connectivity index (χ4v) is 3.74. The van der Waals surface area contributed by atoms with Crippen molar-refractivity contribution in [1.29, 1.82) is 0 Å². The lowest BCUT2D eigenvalue weighted by molar-refractivity contribution is 0.414. The molecule has 2 rings (SSSR count). The van der Waals surface area contributed by atoms with E-state index in [1.54, 1.807) is 7.11 Å². The number of nitrogens with one attached hydrogen (secondary N) is 1. The maximum absolute atomic E-state index is 5.19. The summed E-state index contributed by atoms with van der Waals surface area (Å²) in [5, 5.41) is 3.57. The van der Waals surface area contributed by atoms with Gasteiger partial charge in [-0.1, -0.05) is 19.1 Å². The molecule has 0 aliphatic heterocycles. The van der Waals surface area contributed by atoms with E-state index in [0.29, 0.717) is 6.04 Å². The van der Waals surface area contributed by atoms with Gasteiger partial charge in [0.2, 0.25) is 0 Å². The van der Waals surface area contributed by atoms with Crippen LogP contribution in [0, 0.1) is 0 Å². The second kappa shape index (κ2) is 7.81. The maximum Gasteiger partial charge on any atom is 0.118 e. The Morgan fingerprint density at radius 3 is 2.50 bits per heavy atom. The van der Waals surface area contributed by atoms with Crippen LogP contribution in [0.15, 0.2) is 40.2 Å². The number of rotatable bonds is 7. The van der Waals surface area contributed by atoms with Crippen LogP contribution in [-0.4, -0.2) is 13.7 Å². The number of halogens is 1. The first-order valence-electron chi connectivity index (χ1n) is 6.84. The van der Waals surface area contributed by atoms with E-state index in [0.717, 1.165) is 25.1 Å². The standard InChI is InChI=1S/C16H20BrNOS/c1-3-18-14(15-10-11-16(17)20-15)9-6-12-4-7-13(19-2)8-5-12/h4-5,7-8,10-11,14,18H,3,6,9H2,1-2H3. The van der Waals surface area contributed by atoms with Gasteiger partial charge in [-0.05, 0) is 65.1 Å². The van der Waals surface area contributed by atoms with Crippen LogP contribution in [0.4, 0.5) is 0 Å². The molecule has 1 heterocycles. The van der Waals surface area contributed by atoms with Crippen molar-refractivity contribution in [2.24, 2.45) is 0 Å². The maximum atomic E-state index is 5.19. The van der Waals surface area contributed by atoms with E-state index in [2.05, 4.69) is 52.4 Å². The number of benzene rings is 1. The van der Waals surface area contributed by atoms with Crippen molar-refractivity contribution in [2.75, 3.05) is 13.7 Å². The first-order valence-corrected chi connectivity index (χ1v) is 8.45. The number of methoxy groups -OCH3 is 1. The predicted octanol–water partition coefficient (Wildman–Crippen LogP) is 4.80. The largest absolute Gasteiger partial charge is 0.497 e. The molecule has 1 N–H and O–H groups in total. The molecule has 0 aliphatic carbocycles. The summed E-state index contributed by atoms with van der Waals surface area (Å²) in [7, 11) is 1.70. The highest BCUT2D eigenvalue weighted by atomic mass is 79.9. The van der Waals surface area contributed by atoms with Crippen molar-refractivity contribution < 1.29 is 4.74 Å². The monoisotopic (exact) mass is 353 g/mol. The minimum absolute atomic E-state index is 0.429. The molecule has 0 bridgehead atoms. The number of hydrogen-bond acceptors (Lipinski definition) is 3. The molecule has 1 atom stereocenters. The molecule has 0 spiro atoms. The SMILES string of the molecule is CCNC(CCc1ccc(OC)cc1)c1ccc(Br)s1. The van der Waals surface area contributed by atoms with Crippen LogP contribution in [0.25, 0.3) is 0 Å². The van der Waals surface area contributed by atoms with E-state index < -0.39 is 0 Å². The molecule has 20 heavy (non-hydrogen) atoms. The lowest BCUT2D eigenvalue weighted by Crippen LogP contribution is -2.20. The van der Waals surface area contributed by atoms with E-state index in [-0.39, 0.29) is 0 Å². The first kappa shape index (κ1) is 15.5. The molecule has 0 amide bonds. The van der Waals surface area contributed by atoms with Crippen LogP contribution in [0.2, 0.25) is 0 Å². The Hall–Kier alpha value is -0.840. The third-order valence-corrected chi connectivity index (χ3v) is 5.01. The van der Waals surface area contributed by atoms with Crippen molar-refractivity contribution in [2.45, 2.75) is 25.8 Å². The van der Waals surface area contributed by atoms with Gasteiger partial charge < -0.3 is 10.1 Å². The van der Waals surface area contributed by atoms with E-state index in [1.165, 1.54) is 14.2 Å². The average Bonchev–Trinajstić information content (AvgIpc) is 2.90. The van der Waals surface area contributed by atoms with E-state index in [9.17, 15) is 0 Å². The van der Waals surface area contributed by atoms with Crippen LogP contribution >= 0.6 is 27.3 Å². The minimum Gasteiger partial charge on any atom is -0.497 e. The van der Waals surface area contributed by atoms with Crippen LogP contribution < -0.4 is 10.1 Å². The molecule has 1 unspecified atom stereocenters. The number of aryl methyl sites for hydroxylation is 1. The van der Waals surface area contributed by atoms with Crippen LogP contribution in [0.5, 0.6) is 5.75 Å². The molecule has 4 heteroatoms. The lowest BCUT2D eigenvalue weighted by atomic mass is 10.0. The third kappa shape index (κ3) is 4.33. The molecule has 0 aliphatic rings. The van der Waals surface area contributed by atoms with E-state index >= 15 is 0 Å². The zero-order chi connectivity index (χ0) is 14.4. The summed E-state index contributed by atoms with van der Waals surface area (Å²) >= 11 is 5.35. The average molecular weight is 354 g/mol. The summed E-state index contributed by atoms with van der Waals surface area (Å²) in [6, 6.07) is 13.1. The molecular weight excluding hydrogens is 334 g/mol. The zero-order valence-corrected chi connectivity index (χ0v) is 14.3. The van der Waals surface area contributed by atoms with Crippen LogP contribution in [0.3, 0.4) is 0 Å². The normalized spacial score (nSPS) is 12.3. The molecule has 2 nitrogen and oxygen atoms in total. The Morgan fingerprint density at radius 2 is 1.95 bits per heavy atom. The van der Waals surface area contributed by atoms with Gasteiger partial charge in [0.25, 0.3) is 0 Å². The lowest BCUT2D eigenvalue weighted by Gasteiger charge is -2.16. The fraction of sp³-hybridized carbons (Fsp3) is 0.375. The topological polar surface area (TPSA) is 21.3 Å².